The molecule has 1 aliphatic rings. The third kappa shape index (κ3) is 4.54. The topological polar surface area (TPSA) is 38.8 Å². The summed E-state index contributed by atoms with van der Waals surface area (Å²) in [4.78, 5) is 15.4. The number of benzene rings is 1. The van der Waals surface area contributed by atoms with Crippen molar-refractivity contribution >= 4 is 17.2 Å². The molecule has 2 aromatic rings. The van der Waals surface area contributed by atoms with E-state index in [1.807, 2.05) is 47.5 Å². The largest absolute Gasteiger partial charge is 0.490 e. The van der Waals surface area contributed by atoms with Crippen LogP contribution in [0.25, 0.3) is 0 Å². The first-order valence-corrected chi connectivity index (χ1v) is 9.76. The van der Waals surface area contributed by atoms with Crippen LogP contribution in [0.1, 0.15) is 41.9 Å². The van der Waals surface area contributed by atoms with Crippen molar-refractivity contribution in [1.29, 1.82) is 0 Å². The predicted molar refractivity (Wildman–Crippen MR) is 101 cm³/mol. The quantitative estimate of drug-likeness (QED) is 0.757. The highest BCUT2D eigenvalue weighted by Gasteiger charge is 2.22. The Labute approximate surface area is 153 Å². The fourth-order valence-corrected chi connectivity index (χ4v) is 3.80. The number of hydrogen-bond acceptors (Lipinski definition) is 4. The minimum Gasteiger partial charge on any atom is -0.490 e. The van der Waals surface area contributed by atoms with Crippen molar-refractivity contribution in [3.63, 3.8) is 0 Å². The minimum atomic E-state index is 0.151. The van der Waals surface area contributed by atoms with E-state index in [2.05, 4.69) is 6.92 Å². The monoisotopic (exact) mass is 359 g/mol. The average Bonchev–Trinajstić information content (AvgIpc) is 3.10. The zero-order chi connectivity index (χ0) is 17.6. The zero-order valence-corrected chi connectivity index (χ0v) is 15.7. The summed E-state index contributed by atoms with van der Waals surface area (Å²) >= 11 is 1.50. The van der Waals surface area contributed by atoms with Gasteiger partial charge in [-0.15, -0.1) is 11.3 Å². The molecule has 4 nitrogen and oxygen atoms in total. The van der Waals surface area contributed by atoms with E-state index in [0.29, 0.717) is 13.2 Å². The van der Waals surface area contributed by atoms with E-state index in [1.165, 1.54) is 11.3 Å². The number of ether oxygens (including phenoxy) is 2. The van der Waals surface area contributed by atoms with Crippen molar-refractivity contribution in [1.82, 2.24) is 4.90 Å². The lowest BCUT2D eigenvalue weighted by molar-refractivity contribution is 0.0702. The van der Waals surface area contributed by atoms with Crippen LogP contribution in [0.3, 0.4) is 0 Å². The van der Waals surface area contributed by atoms with Crippen LogP contribution in [0.15, 0.2) is 35.7 Å². The number of carbonyl (C=O) groups excluding carboxylic acids is 1. The van der Waals surface area contributed by atoms with E-state index in [1.54, 1.807) is 0 Å². The lowest BCUT2D eigenvalue weighted by atomic mass is 9.99. The van der Waals surface area contributed by atoms with Gasteiger partial charge in [0.05, 0.1) is 11.5 Å². The first kappa shape index (κ1) is 17.8. The highest BCUT2D eigenvalue weighted by molar-refractivity contribution is 7.12. The van der Waals surface area contributed by atoms with E-state index in [4.69, 9.17) is 9.47 Å². The molecule has 3 rings (SSSR count). The third-order valence-corrected chi connectivity index (χ3v) is 5.45. The summed E-state index contributed by atoms with van der Waals surface area (Å²) in [6.45, 7) is 6.98. The Morgan fingerprint density at radius 3 is 2.56 bits per heavy atom. The van der Waals surface area contributed by atoms with Gasteiger partial charge >= 0.3 is 0 Å². The van der Waals surface area contributed by atoms with Gasteiger partial charge in [-0.1, -0.05) is 19.1 Å². The van der Waals surface area contributed by atoms with Gasteiger partial charge in [0.1, 0.15) is 6.61 Å². The lowest BCUT2D eigenvalue weighted by Gasteiger charge is -2.29. The summed E-state index contributed by atoms with van der Waals surface area (Å²) < 4.78 is 11.5. The second kappa shape index (κ2) is 8.39. The molecular weight excluding hydrogens is 334 g/mol. The molecule has 0 radical (unpaired) electrons. The molecule has 1 aromatic carbocycles. The molecule has 0 unspecified atom stereocenters. The first-order valence-electron chi connectivity index (χ1n) is 8.88. The van der Waals surface area contributed by atoms with Crippen molar-refractivity contribution in [2.24, 2.45) is 5.92 Å². The molecule has 1 saturated heterocycles. The molecule has 134 valence electrons. The van der Waals surface area contributed by atoms with E-state index in [9.17, 15) is 4.79 Å². The summed E-state index contributed by atoms with van der Waals surface area (Å²) in [7, 11) is 0. The maximum atomic E-state index is 12.6. The number of carbonyl (C=O) groups is 1. The van der Waals surface area contributed by atoms with E-state index < -0.39 is 0 Å². The first-order chi connectivity index (χ1) is 12.2. The highest BCUT2D eigenvalue weighted by Crippen LogP contribution is 2.28. The van der Waals surface area contributed by atoms with Crippen LogP contribution in [0.4, 0.5) is 0 Å². The predicted octanol–water partition coefficient (Wildman–Crippen LogP) is 4.60. The SMILES string of the molecule is CCOc1ccccc1OCc1csc(C(=O)N2CCC(C)CC2)c1. The maximum Gasteiger partial charge on any atom is 0.263 e. The highest BCUT2D eigenvalue weighted by atomic mass is 32.1. The maximum absolute atomic E-state index is 12.6. The number of nitrogens with zero attached hydrogens (tertiary/aromatic N) is 1. The molecule has 0 bridgehead atoms. The van der Waals surface area contributed by atoms with E-state index in [0.717, 1.165) is 53.8 Å². The fraction of sp³-hybridized carbons (Fsp3) is 0.450. The number of para-hydroxylation sites is 2. The van der Waals surface area contributed by atoms with Crippen molar-refractivity contribution in [3.8, 4) is 11.5 Å². The van der Waals surface area contributed by atoms with Crippen LogP contribution >= 0.6 is 11.3 Å². The molecule has 25 heavy (non-hydrogen) atoms. The van der Waals surface area contributed by atoms with Crippen molar-refractivity contribution in [3.05, 3.63) is 46.2 Å². The van der Waals surface area contributed by atoms with Gasteiger partial charge in [-0.2, -0.15) is 0 Å². The van der Waals surface area contributed by atoms with E-state index in [-0.39, 0.29) is 5.91 Å². The lowest BCUT2D eigenvalue weighted by Crippen LogP contribution is -2.37. The molecule has 0 atom stereocenters. The van der Waals surface area contributed by atoms with Gasteiger partial charge in [-0.25, -0.2) is 0 Å². The minimum absolute atomic E-state index is 0.151. The smallest absolute Gasteiger partial charge is 0.263 e. The molecule has 0 N–H and O–H groups in total. The standard InChI is InChI=1S/C20H25NO3S/c1-3-23-17-6-4-5-7-18(17)24-13-16-12-19(25-14-16)20(22)21-10-8-15(2)9-11-21/h4-7,12,14-15H,3,8-11,13H2,1-2H3. The summed E-state index contributed by atoms with van der Waals surface area (Å²) in [5.41, 5.74) is 1.02. The molecule has 5 heteroatoms. The van der Waals surface area contributed by atoms with Crippen molar-refractivity contribution in [2.45, 2.75) is 33.3 Å². The molecule has 1 aromatic heterocycles. The Morgan fingerprint density at radius 2 is 1.88 bits per heavy atom. The van der Waals surface area contributed by atoms with Gasteiger partial charge in [-0.3, -0.25) is 4.79 Å². The number of piperidine rings is 1. The average molecular weight is 359 g/mol. The van der Waals surface area contributed by atoms with Crippen LogP contribution in [-0.4, -0.2) is 30.5 Å². The number of rotatable bonds is 6. The van der Waals surface area contributed by atoms with Gasteiger partial charge in [0.15, 0.2) is 11.5 Å². The summed E-state index contributed by atoms with van der Waals surface area (Å²) in [6.07, 6.45) is 2.20. The molecule has 1 fully saturated rings. The zero-order valence-electron chi connectivity index (χ0n) is 14.9. The fourth-order valence-electron chi connectivity index (χ4n) is 2.94. The van der Waals surface area contributed by atoms with Crippen LogP contribution in [0, 0.1) is 5.92 Å². The Kier molecular flexibility index (Phi) is 5.97. The van der Waals surface area contributed by atoms with Crippen LogP contribution in [0.5, 0.6) is 11.5 Å². The number of hydrogen-bond donors (Lipinski definition) is 0. The molecule has 0 spiro atoms. The van der Waals surface area contributed by atoms with Gasteiger partial charge in [-0.05, 0) is 49.3 Å². The Bertz CT molecular complexity index is 704. The van der Waals surface area contributed by atoms with Crippen molar-refractivity contribution < 1.29 is 14.3 Å². The second-order valence-corrected chi connectivity index (χ2v) is 7.37. The summed E-state index contributed by atoms with van der Waals surface area (Å²) in [6, 6.07) is 9.61. The van der Waals surface area contributed by atoms with Gasteiger partial charge in [0.25, 0.3) is 5.91 Å². The molecule has 0 saturated carbocycles. The molecule has 1 amide bonds. The van der Waals surface area contributed by atoms with Crippen LogP contribution < -0.4 is 9.47 Å². The van der Waals surface area contributed by atoms with E-state index >= 15 is 0 Å². The Hall–Kier alpha value is -2.01. The Morgan fingerprint density at radius 1 is 1.20 bits per heavy atom. The molecule has 2 heterocycles. The summed E-state index contributed by atoms with van der Waals surface area (Å²) in [5, 5.41) is 2.00. The second-order valence-electron chi connectivity index (χ2n) is 6.46. The number of likely N-dealkylation sites (tertiary alicyclic amines) is 1. The summed E-state index contributed by atoms with van der Waals surface area (Å²) in [5.74, 6) is 2.35. The van der Waals surface area contributed by atoms with Gasteiger partial charge in [0, 0.05) is 18.7 Å². The number of thiophene rings is 1. The van der Waals surface area contributed by atoms with Crippen molar-refractivity contribution in [2.75, 3.05) is 19.7 Å². The van der Waals surface area contributed by atoms with Crippen LogP contribution in [0.2, 0.25) is 0 Å². The normalized spacial score (nSPS) is 15.2. The number of amides is 1. The van der Waals surface area contributed by atoms with Gasteiger partial charge in [0.2, 0.25) is 0 Å². The third-order valence-electron chi connectivity index (χ3n) is 4.48. The molecule has 1 aliphatic heterocycles. The van der Waals surface area contributed by atoms with Crippen LogP contribution in [-0.2, 0) is 6.61 Å². The molecule has 0 aliphatic carbocycles. The Balaban J connectivity index is 1.59. The van der Waals surface area contributed by atoms with Gasteiger partial charge < -0.3 is 14.4 Å². The molecular formula is C20H25NO3S.